The number of nitrogens with one attached hydrogen (secondary N) is 2. The summed E-state index contributed by atoms with van der Waals surface area (Å²) in [5.41, 5.74) is 2.21. The highest BCUT2D eigenvalue weighted by molar-refractivity contribution is 9.10. The molecule has 7 heteroatoms. The largest absolute Gasteiger partial charge is 0.353 e. The Morgan fingerprint density at radius 2 is 2.08 bits per heavy atom. The van der Waals surface area contributed by atoms with Crippen molar-refractivity contribution in [1.29, 1.82) is 0 Å². The number of hydrogen-bond donors (Lipinski definition) is 2. The lowest BCUT2D eigenvalue weighted by molar-refractivity contribution is 0.753. The second kappa shape index (κ2) is 6.84. The summed E-state index contributed by atoms with van der Waals surface area (Å²) in [6, 6.07) is 14.8. The van der Waals surface area contributed by atoms with Crippen LogP contribution in [0, 0.1) is 0 Å². The van der Waals surface area contributed by atoms with Gasteiger partial charge in [0.2, 0.25) is 0 Å². The fourth-order valence-corrected chi connectivity index (χ4v) is 3.24. The van der Waals surface area contributed by atoms with Crippen molar-refractivity contribution < 1.29 is 0 Å². The quantitative estimate of drug-likeness (QED) is 0.523. The van der Waals surface area contributed by atoms with Crippen molar-refractivity contribution in [2.45, 2.75) is 24.9 Å². The van der Waals surface area contributed by atoms with Crippen LogP contribution in [0.1, 0.15) is 23.7 Å². The van der Waals surface area contributed by atoms with Crippen molar-refractivity contribution in [1.82, 2.24) is 25.2 Å². The van der Waals surface area contributed by atoms with E-state index >= 15 is 0 Å². The molecule has 1 aliphatic carbocycles. The predicted octanol–water partition coefficient (Wildman–Crippen LogP) is 2.71. The van der Waals surface area contributed by atoms with Crippen LogP contribution < -0.4 is 10.6 Å². The van der Waals surface area contributed by atoms with Gasteiger partial charge in [0.05, 0.1) is 6.54 Å². The van der Waals surface area contributed by atoms with Gasteiger partial charge in [-0.15, -0.1) is 10.2 Å². The van der Waals surface area contributed by atoms with E-state index < -0.39 is 0 Å². The van der Waals surface area contributed by atoms with E-state index in [1.807, 2.05) is 28.8 Å². The van der Waals surface area contributed by atoms with Gasteiger partial charge in [-0.25, -0.2) is 0 Å². The third kappa shape index (κ3) is 3.51. The number of nitrogens with zero attached hydrogens (tertiary/aromatic N) is 4. The van der Waals surface area contributed by atoms with Gasteiger partial charge in [0, 0.05) is 29.7 Å². The van der Waals surface area contributed by atoms with Gasteiger partial charge >= 0.3 is 0 Å². The van der Waals surface area contributed by atoms with Crippen LogP contribution in [-0.2, 0) is 6.54 Å². The van der Waals surface area contributed by atoms with E-state index in [0.717, 1.165) is 28.3 Å². The van der Waals surface area contributed by atoms with Crippen LogP contribution >= 0.6 is 15.9 Å². The maximum absolute atomic E-state index is 4.32. The van der Waals surface area contributed by atoms with Crippen LogP contribution in [0.3, 0.4) is 0 Å². The van der Waals surface area contributed by atoms with Crippen molar-refractivity contribution >= 4 is 27.5 Å². The number of hydrogen-bond acceptors (Lipinski definition) is 3. The monoisotopic (exact) mass is 398 g/mol. The molecule has 3 aromatic rings. The molecule has 0 aliphatic heterocycles. The summed E-state index contributed by atoms with van der Waals surface area (Å²) < 4.78 is 3.08. The Morgan fingerprint density at radius 1 is 1.24 bits per heavy atom. The number of aliphatic imine (C=N–C) groups is 1. The highest BCUT2D eigenvalue weighted by Crippen LogP contribution is 2.40. The summed E-state index contributed by atoms with van der Waals surface area (Å²) in [5.74, 6) is 2.19. The van der Waals surface area contributed by atoms with Crippen LogP contribution in [0.25, 0.3) is 5.65 Å². The normalized spacial score (nSPS) is 19.8. The van der Waals surface area contributed by atoms with E-state index in [-0.39, 0.29) is 0 Å². The van der Waals surface area contributed by atoms with Gasteiger partial charge in [-0.1, -0.05) is 34.1 Å². The smallest absolute Gasteiger partial charge is 0.191 e. The molecule has 0 spiro atoms. The molecule has 2 aromatic heterocycles. The zero-order chi connectivity index (χ0) is 17.2. The minimum Gasteiger partial charge on any atom is -0.353 e. The van der Waals surface area contributed by atoms with Gasteiger partial charge in [0.25, 0.3) is 0 Å². The van der Waals surface area contributed by atoms with Gasteiger partial charge in [-0.3, -0.25) is 9.39 Å². The van der Waals surface area contributed by atoms with Crippen molar-refractivity contribution in [2.75, 3.05) is 7.05 Å². The van der Waals surface area contributed by atoms with Crippen LogP contribution in [0.2, 0.25) is 0 Å². The summed E-state index contributed by atoms with van der Waals surface area (Å²) in [6.45, 7) is 0.570. The number of rotatable bonds is 4. The van der Waals surface area contributed by atoms with Gasteiger partial charge in [-0.2, -0.15) is 0 Å². The zero-order valence-corrected chi connectivity index (χ0v) is 15.4. The molecule has 25 heavy (non-hydrogen) atoms. The van der Waals surface area contributed by atoms with Gasteiger partial charge in [0.15, 0.2) is 17.4 Å². The minimum atomic E-state index is 0.419. The molecule has 4 rings (SSSR count). The third-order valence-electron chi connectivity index (χ3n) is 4.43. The Bertz CT molecular complexity index is 901. The molecule has 0 amide bonds. The van der Waals surface area contributed by atoms with Crippen LogP contribution in [0.15, 0.2) is 58.1 Å². The molecular formula is C18H19BrN6. The number of guanidine groups is 1. The van der Waals surface area contributed by atoms with E-state index in [1.54, 1.807) is 7.05 Å². The third-order valence-corrected chi connectivity index (χ3v) is 4.96. The Morgan fingerprint density at radius 3 is 2.88 bits per heavy atom. The molecule has 128 valence electrons. The zero-order valence-electron chi connectivity index (χ0n) is 13.9. The maximum Gasteiger partial charge on any atom is 0.191 e. The van der Waals surface area contributed by atoms with Crippen molar-refractivity contribution in [2.24, 2.45) is 4.99 Å². The van der Waals surface area contributed by atoms with E-state index in [0.29, 0.717) is 18.5 Å². The molecule has 6 nitrogen and oxygen atoms in total. The molecular weight excluding hydrogens is 380 g/mol. The second-order valence-electron chi connectivity index (χ2n) is 6.12. The number of halogens is 1. The molecule has 0 bridgehead atoms. The number of fused-ring (bicyclic) bond motifs is 1. The number of aromatic nitrogens is 3. The van der Waals surface area contributed by atoms with Gasteiger partial charge < -0.3 is 10.6 Å². The molecule has 0 radical (unpaired) electrons. The molecule has 2 atom stereocenters. The average molecular weight is 399 g/mol. The molecule has 2 heterocycles. The minimum absolute atomic E-state index is 0.419. The van der Waals surface area contributed by atoms with Crippen LogP contribution in [0.4, 0.5) is 0 Å². The van der Waals surface area contributed by atoms with Crippen molar-refractivity contribution in [3.05, 3.63) is 64.5 Å². The molecule has 0 saturated heterocycles. The van der Waals surface area contributed by atoms with Crippen molar-refractivity contribution in [3.63, 3.8) is 0 Å². The summed E-state index contributed by atoms with van der Waals surface area (Å²) >= 11 is 3.48. The molecule has 1 saturated carbocycles. The lowest BCUT2D eigenvalue weighted by Gasteiger charge is -2.11. The second-order valence-corrected chi connectivity index (χ2v) is 7.03. The van der Waals surface area contributed by atoms with Gasteiger partial charge in [0.1, 0.15) is 0 Å². The first-order valence-electron chi connectivity index (χ1n) is 8.26. The SMILES string of the molecule is CN=C(NCc1nnc2ccccn12)NC1CC1c1ccc(Br)cc1. The van der Waals surface area contributed by atoms with E-state index in [4.69, 9.17) is 0 Å². The first kappa shape index (κ1) is 16.1. The number of benzene rings is 1. The Labute approximate surface area is 154 Å². The molecule has 2 N–H and O–H groups in total. The first-order chi connectivity index (χ1) is 12.2. The van der Waals surface area contributed by atoms with E-state index in [2.05, 4.69) is 66.0 Å². The van der Waals surface area contributed by atoms with Crippen LogP contribution in [0.5, 0.6) is 0 Å². The Hall–Kier alpha value is -2.41. The molecule has 2 unspecified atom stereocenters. The topological polar surface area (TPSA) is 66.6 Å². The Balaban J connectivity index is 1.35. The van der Waals surface area contributed by atoms with E-state index in [1.165, 1.54) is 5.56 Å². The summed E-state index contributed by atoms with van der Waals surface area (Å²) in [4.78, 5) is 4.32. The fourth-order valence-electron chi connectivity index (χ4n) is 2.98. The van der Waals surface area contributed by atoms with Crippen molar-refractivity contribution in [3.8, 4) is 0 Å². The Kier molecular flexibility index (Phi) is 4.40. The molecule has 1 fully saturated rings. The predicted molar refractivity (Wildman–Crippen MR) is 102 cm³/mol. The molecule has 1 aromatic carbocycles. The summed E-state index contributed by atoms with van der Waals surface area (Å²) in [6.07, 6.45) is 3.09. The highest BCUT2D eigenvalue weighted by Gasteiger charge is 2.38. The average Bonchev–Trinajstić information content (AvgIpc) is 3.29. The molecule has 1 aliphatic rings. The summed E-state index contributed by atoms with van der Waals surface area (Å²) in [7, 11) is 1.79. The lowest BCUT2D eigenvalue weighted by atomic mass is 10.1. The number of pyridine rings is 1. The lowest BCUT2D eigenvalue weighted by Crippen LogP contribution is -2.38. The first-order valence-corrected chi connectivity index (χ1v) is 9.05. The standard InChI is InChI=1S/C18H19BrN6/c1-20-18(21-11-17-24-23-16-4-2-3-9-25(16)17)22-15-10-14(15)12-5-7-13(19)8-6-12/h2-9,14-15H,10-11H2,1H3,(H2,20,21,22). The van der Waals surface area contributed by atoms with Crippen LogP contribution in [-0.4, -0.2) is 33.6 Å². The summed E-state index contributed by atoms with van der Waals surface area (Å²) in [5, 5.41) is 15.2. The van der Waals surface area contributed by atoms with Gasteiger partial charge in [-0.05, 0) is 36.2 Å². The maximum atomic E-state index is 4.32. The highest BCUT2D eigenvalue weighted by atomic mass is 79.9. The fraction of sp³-hybridized carbons (Fsp3) is 0.278. The van der Waals surface area contributed by atoms with E-state index in [9.17, 15) is 0 Å².